The molecule has 0 atom stereocenters. The van der Waals surface area contributed by atoms with Gasteiger partial charge in [0.15, 0.2) is 0 Å². The van der Waals surface area contributed by atoms with Crippen LogP contribution in [0.1, 0.15) is 5.56 Å². The zero-order chi connectivity index (χ0) is 17.5. The third-order valence-corrected chi connectivity index (χ3v) is 3.83. The first-order valence-corrected chi connectivity index (χ1v) is 7.20. The van der Waals surface area contributed by atoms with Crippen molar-refractivity contribution in [1.29, 1.82) is 0 Å². The van der Waals surface area contributed by atoms with E-state index in [0.717, 1.165) is 18.5 Å². The molecule has 0 aliphatic heterocycles. The minimum absolute atomic E-state index is 0.110. The minimum Gasteiger partial charge on any atom is -0.415 e. The SMILES string of the molecule is FC(F)Oc1cnc(-c2ccc(C(F)(F)F)c3[nH]cc(Br)c23)cn1. The lowest BCUT2D eigenvalue weighted by molar-refractivity contribution is -0.136. The summed E-state index contributed by atoms with van der Waals surface area (Å²) >= 11 is 3.19. The number of nitrogens with one attached hydrogen (secondary N) is 1. The van der Waals surface area contributed by atoms with E-state index in [1.807, 2.05) is 0 Å². The highest BCUT2D eigenvalue weighted by molar-refractivity contribution is 9.10. The van der Waals surface area contributed by atoms with Crippen LogP contribution in [-0.4, -0.2) is 21.6 Å². The Morgan fingerprint density at radius 2 is 1.88 bits per heavy atom. The molecule has 3 rings (SSSR count). The van der Waals surface area contributed by atoms with E-state index in [1.54, 1.807) is 0 Å². The molecule has 0 spiro atoms. The Balaban J connectivity index is 2.12. The summed E-state index contributed by atoms with van der Waals surface area (Å²) in [4.78, 5) is 10.2. The summed E-state index contributed by atoms with van der Waals surface area (Å²) in [5.74, 6) is -0.384. The second-order valence-electron chi connectivity index (χ2n) is 4.66. The van der Waals surface area contributed by atoms with Gasteiger partial charge in [0.1, 0.15) is 0 Å². The maximum Gasteiger partial charge on any atom is 0.418 e. The van der Waals surface area contributed by atoms with Crippen molar-refractivity contribution in [2.24, 2.45) is 0 Å². The molecular formula is C14H7BrF5N3O. The summed E-state index contributed by atoms with van der Waals surface area (Å²) < 4.78 is 68.0. The molecule has 0 aliphatic carbocycles. The van der Waals surface area contributed by atoms with Crippen molar-refractivity contribution in [3.05, 3.63) is 40.8 Å². The summed E-state index contributed by atoms with van der Waals surface area (Å²) in [7, 11) is 0. The number of alkyl halides is 5. The molecule has 0 saturated heterocycles. The summed E-state index contributed by atoms with van der Waals surface area (Å²) in [6.07, 6.45) is -1.02. The quantitative estimate of drug-likeness (QED) is 0.621. The van der Waals surface area contributed by atoms with Gasteiger partial charge in [-0.15, -0.1) is 0 Å². The number of aromatic amines is 1. The lowest BCUT2D eigenvalue weighted by Gasteiger charge is -2.11. The zero-order valence-corrected chi connectivity index (χ0v) is 13.1. The van der Waals surface area contributed by atoms with Crippen LogP contribution >= 0.6 is 15.9 Å². The molecule has 0 radical (unpaired) electrons. The first kappa shape index (κ1) is 16.6. The van der Waals surface area contributed by atoms with Gasteiger partial charge in [0, 0.05) is 21.6 Å². The van der Waals surface area contributed by atoms with Crippen molar-refractivity contribution in [3.8, 4) is 17.1 Å². The van der Waals surface area contributed by atoms with Crippen molar-refractivity contribution < 1.29 is 26.7 Å². The molecular weight excluding hydrogens is 401 g/mol. The molecule has 126 valence electrons. The van der Waals surface area contributed by atoms with Crippen LogP contribution < -0.4 is 4.74 Å². The number of benzene rings is 1. The fourth-order valence-corrected chi connectivity index (χ4v) is 2.79. The summed E-state index contributed by atoms with van der Waals surface area (Å²) in [6.45, 7) is -3.04. The van der Waals surface area contributed by atoms with Crippen LogP contribution in [0.2, 0.25) is 0 Å². The second kappa shape index (κ2) is 6.00. The molecule has 3 aromatic rings. The molecule has 0 aliphatic rings. The van der Waals surface area contributed by atoms with Gasteiger partial charge in [-0.2, -0.15) is 22.0 Å². The molecule has 2 aromatic heterocycles. The molecule has 0 bridgehead atoms. The first-order chi connectivity index (χ1) is 11.3. The van der Waals surface area contributed by atoms with Gasteiger partial charge in [-0.25, -0.2) is 9.97 Å². The van der Waals surface area contributed by atoms with Gasteiger partial charge < -0.3 is 9.72 Å². The van der Waals surface area contributed by atoms with E-state index < -0.39 is 18.4 Å². The number of hydrogen-bond acceptors (Lipinski definition) is 3. The van der Waals surface area contributed by atoms with Crippen LogP contribution in [0.3, 0.4) is 0 Å². The number of hydrogen-bond donors (Lipinski definition) is 1. The third kappa shape index (κ3) is 3.05. The average molecular weight is 408 g/mol. The summed E-state index contributed by atoms with van der Waals surface area (Å²) in [5, 5.41) is 0.265. The molecule has 0 saturated carbocycles. The maximum absolute atomic E-state index is 13.1. The minimum atomic E-state index is -4.53. The molecule has 4 nitrogen and oxygen atoms in total. The highest BCUT2D eigenvalue weighted by Gasteiger charge is 2.34. The number of ether oxygens (including phenoxy) is 1. The van der Waals surface area contributed by atoms with E-state index in [2.05, 4.69) is 35.6 Å². The van der Waals surface area contributed by atoms with Crippen molar-refractivity contribution in [1.82, 2.24) is 15.0 Å². The predicted octanol–water partition coefficient (Wildman–Crippen LogP) is 5.01. The fraction of sp³-hybridized carbons (Fsp3) is 0.143. The smallest absolute Gasteiger partial charge is 0.415 e. The Labute approximate surface area is 139 Å². The van der Waals surface area contributed by atoms with Crippen LogP contribution in [0.5, 0.6) is 5.88 Å². The number of H-pyrrole nitrogens is 1. The standard InChI is InChI=1S/C14H7BrF5N3O/c15-8-3-23-12-7(14(18,19)20)2-1-6(11(8)12)9-4-22-10(5-21-9)24-13(16)17/h1-5,13,23H. The van der Waals surface area contributed by atoms with E-state index in [0.29, 0.717) is 10.0 Å². The molecule has 0 fully saturated rings. The molecule has 2 heterocycles. The van der Waals surface area contributed by atoms with E-state index in [4.69, 9.17) is 0 Å². The van der Waals surface area contributed by atoms with Crippen molar-refractivity contribution >= 4 is 26.8 Å². The van der Waals surface area contributed by atoms with Crippen molar-refractivity contribution in [3.63, 3.8) is 0 Å². The Hall–Kier alpha value is -2.23. The molecule has 1 N–H and O–H groups in total. The Morgan fingerprint density at radius 3 is 2.46 bits per heavy atom. The highest BCUT2D eigenvalue weighted by atomic mass is 79.9. The molecule has 1 aromatic carbocycles. The van der Waals surface area contributed by atoms with E-state index in [-0.39, 0.29) is 22.5 Å². The number of rotatable bonds is 3. The monoisotopic (exact) mass is 407 g/mol. The van der Waals surface area contributed by atoms with Gasteiger partial charge in [0.05, 0.1) is 29.2 Å². The molecule has 10 heteroatoms. The lowest BCUT2D eigenvalue weighted by atomic mass is 10.0. The van der Waals surface area contributed by atoms with Crippen molar-refractivity contribution in [2.75, 3.05) is 0 Å². The van der Waals surface area contributed by atoms with E-state index >= 15 is 0 Å². The van der Waals surface area contributed by atoms with E-state index in [1.165, 1.54) is 12.3 Å². The Kier molecular flexibility index (Phi) is 4.16. The summed E-state index contributed by atoms with van der Waals surface area (Å²) in [6, 6.07) is 2.17. The Morgan fingerprint density at radius 1 is 1.12 bits per heavy atom. The third-order valence-electron chi connectivity index (χ3n) is 3.21. The normalized spacial score (nSPS) is 12.1. The van der Waals surface area contributed by atoms with Gasteiger partial charge in [0.2, 0.25) is 5.88 Å². The first-order valence-electron chi connectivity index (χ1n) is 6.41. The number of halogens is 6. The van der Waals surface area contributed by atoms with Crippen LogP contribution in [0, 0.1) is 0 Å². The fourth-order valence-electron chi connectivity index (χ4n) is 2.27. The predicted molar refractivity (Wildman–Crippen MR) is 78.7 cm³/mol. The van der Waals surface area contributed by atoms with Crippen molar-refractivity contribution in [2.45, 2.75) is 12.8 Å². The Bertz CT molecular complexity index is 876. The van der Waals surface area contributed by atoms with Crippen LogP contribution in [0.4, 0.5) is 22.0 Å². The average Bonchev–Trinajstić information content (AvgIpc) is 2.88. The van der Waals surface area contributed by atoms with E-state index in [9.17, 15) is 22.0 Å². The molecule has 0 amide bonds. The molecule has 24 heavy (non-hydrogen) atoms. The molecule has 0 unspecified atom stereocenters. The topological polar surface area (TPSA) is 50.8 Å². The number of nitrogens with zero attached hydrogens (tertiary/aromatic N) is 2. The van der Waals surface area contributed by atoms with Gasteiger partial charge in [0.25, 0.3) is 0 Å². The van der Waals surface area contributed by atoms with Gasteiger partial charge in [-0.3, -0.25) is 0 Å². The van der Waals surface area contributed by atoms with Gasteiger partial charge in [-0.1, -0.05) is 6.07 Å². The highest BCUT2D eigenvalue weighted by Crippen LogP contribution is 2.40. The van der Waals surface area contributed by atoms with Crippen LogP contribution in [0.15, 0.2) is 35.2 Å². The second-order valence-corrected chi connectivity index (χ2v) is 5.52. The largest absolute Gasteiger partial charge is 0.418 e. The lowest BCUT2D eigenvalue weighted by Crippen LogP contribution is -2.06. The van der Waals surface area contributed by atoms with Crippen LogP contribution in [-0.2, 0) is 6.18 Å². The number of fused-ring (bicyclic) bond motifs is 1. The zero-order valence-electron chi connectivity index (χ0n) is 11.5. The summed E-state index contributed by atoms with van der Waals surface area (Å²) in [5.41, 5.74) is -0.350. The van der Waals surface area contributed by atoms with Gasteiger partial charge >= 0.3 is 12.8 Å². The van der Waals surface area contributed by atoms with Gasteiger partial charge in [-0.05, 0) is 22.0 Å². The number of aromatic nitrogens is 3. The maximum atomic E-state index is 13.1. The van der Waals surface area contributed by atoms with Crippen LogP contribution in [0.25, 0.3) is 22.2 Å².